The lowest BCUT2D eigenvalue weighted by Gasteiger charge is -2.35. The van der Waals surface area contributed by atoms with Gasteiger partial charge in [-0.2, -0.15) is 0 Å². The average molecular weight is 767 g/mol. The van der Waals surface area contributed by atoms with E-state index in [1.165, 1.54) is 11.0 Å². The molecule has 3 saturated carbocycles. The zero-order chi connectivity index (χ0) is 38.6. The first-order valence-electron chi connectivity index (χ1n) is 18.9. The van der Waals surface area contributed by atoms with Crippen LogP contribution in [0, 0.1) is 17.3 Å². The molecule has 3 N–H and O–H groups in total. The minimum atomic E-state index is -3.90. The SMILES string of the molecule is C=C[C@@H]1C[C@]1(NC(=O)[C@@H]1C[C@@H]2CN1C(=O)[C@H](C(C)(C)C)NC(=O)OC1C[C@@H]1CCCCCc1nc3ccc(OC)cc3nc1O2)C(=O)NS(=O)(=O)C1CC1. The summed E-state index contributed by atoms with van der Waals surface area (Å²) in [5.41, 5.74) is -0.451. The number of carbonyl (C=O) groups is 4. The molecule has 292 valence electrons. The van der Waals surface area contributed by atoms with E-state index in [2.05, 4.69) is 21.9 Å². The largest absolute Gasteiger partial charge is 0.497 e. The second-order valence-electron chi connectivity index (χ2n) is 16.5. The summed E-state index contributed by atoms with van der Waals surface area (Å²) in [6.07, 6.45) is 5.93. The molecule has 3 heterocycles. The van der Waals surface area contributed by atoms with Crippen LogP contribution < -0.4 is 24.8 Å². The first-order valence-corrected chi connectivity index (χ1v) is 20.5. The molecule has 54 heavy (non-hydrogen) atoms. The van der Waals surface area contributed by atoms with Gasteiger partial charge in [-0.25, -0.2) is 23.2 Å². The molecule has 16 heteroatoms. The van der Waals surface area contributed by atoms with Crippen LogP contribution in [-0.2, 0) is 35.6 Å². The van der Waals surface area contributed by atoms with E-state index >= 15 is 0 Å². The van der Waals surface area contributed by atoms with Crippen molar-refractivity contribution in [3.8, 4) is 11.6 Å². The van der Waals surface area contributed by atoms with Crippen molar-refractivity contribution in [1.82, 2.24) is 30.2 Å². The van der Waals surface area contributed by atoms with E-state index in [4.69, 9.17) is 24.2 Å². The molecule has 1 unspecified atom stereocenters. The summed E-state index contributed by atoms with van der Waals surface area (Å²) in [4.78, 5) is 66.8. The fraction of sp³-hybridized carbons (Fsp3) is 0.632. The molecule has 2 aliphatic heterocycles. The van der Waals surface area contributed by atoms with Gasteiger partial charge in [0, 0.05) is 18.4 Å². The average Bonchev–Trinajstić information content (AvgIpc) is 4.04. The van der Waals surface area contributed by atoms with Gasteiger partial charge in [0.2, 0.25) is 27.7 Å². The zero-order valence-corrected chi connectivity index (χ0v) is 32.1. The van der Waals surface area contributed by atoms with Crippen LogP contribution in [0.1, 0.15) is 84.3 Å². The molecule has 2 aromatic rings. The standard InChI is InChI=1S/C38H50N6O9S/c1-6-22-19-38(22,35(47)43-54(49,50)25-13-14-25)42-32(45)29-18-24-20-44(29)34(46)31(37(2,3)4)41-36(48)53-30-16-21(30)10-8-7-9-11-27-33(52-24)40-28-17-23(51-5)12-15-26(28)39-27/h6,12,15,17,21-22,24-25,29-31H,1,7-11,13-14,16,18-20H2,2-5H3,(H,41,48)(H,42,45)(H,43,47)/t21-,22+,24+,29-,30?,31+,38+/m0/s1. The molecular weight excluding hydrogens is 717 g/mol. The topological polar surface area (TPSA) is 195 Å². The molecular formula is C38H50N6O9S. The number of ether oxygens (including phenoxy) is 3. The van der Waals surface area contributed by atoms with Crippen molar-refractivity contribution in [2.24, 2.45) is 17.3 Å². The van der Waals surface area contributed by atoms with Gasteiger partial charge in [-0.1, -0.05) is 39.7 Å². The Bertz CT molecular complexity index is 1960. The predicted octanol–water partition coefficient (Wildman–Crippen LogP) is 3.30. The summed E-state index contributed by atoms with van der Waals surface area (Å²) in [6.45, 7) is 9.18. The van der Waals surface area contributed by atoms with Crippen LogP contribution in [0.15, 0.2) is 30.9 Å². The van der Waals surface area contributed by atoms with Crippen LogP contribution in [0.25, 0.3) is 11.0 Å². The van der Waals surface area contributed by atoms with E-state index in [9.17, 15) is 27.6 Å². The summed E-state index contributed by atoms with van der Waals surface area (Å²) >= 11 is 0. The third kappa shape index (κ3) is 7.85. The number of sulfonamides is 1. The van der Waals surface area contributed by atoms with Crippen molar-refractivity contribution in [1.29, 1.82) is 0 Å². The number of aromatic nitrogens is 2. The van der Waals surface area contributed by atoms with Gasteiger partial charge in [0.1, 0.15) is 41.3 Å². The molecule has 5 aliphatic rings. The normalized spacial score (nSPS) is 30.3. The van der Waals surface area contributed by atoms with E-state index in [0.717, 1.165) is 32.1 Å². The fourth-order valence-electron chi connectivity index (χ4n) is 7.64. The van der Waals surface area contributed by atoms with Crippen LogP contribution in [0.2, 0.25) is 0 Å². The number of benzene rings is 1. The van der Waals surface area contributed by atoms with Gasteiger partial charge < -0.3 is 29.7 Å². The minimum absolute atomic E-state index is 0.0245. The predicted molar refractivity (Wildman–Crippen MR) is 197 cm³/mol. The van der Waals surface area contributed by atoms with Crippen molar-refractivity contribution in [2.45, 2.75) is 120 Å². The van der Waals surface area contributed by atoms with E-state index in [-0.39, 0.29) is 31.4 Å². The Morgan fingerprint density at radius 3 is 2.54 bits per heavy atom. The highest BCUT2D eigenvalue weighted by molar-refractivity contribution is 7.91. The quantitative estimate of drug-likeness (QED) is 0.350. The van der Waals surface area contributed by atoms with Gasteiger partial charge in [-0.05, 0) is 68.4 Å². The molecule has 4 fully saturated rings. The Balaban J connectivity index is 1.22. The van der Waals surface area contributed by atoms with Crippen LogP contribution in [0.3, 0.4) is 0 Å². The fourth-order valence-corrected chi connectivity index (χ4v) is 9.00. The Hall–Kier alpha value is -4.47. The van der Waals surface area contributed by atoms with Gasteiger partial charge in [0.05, 0.1) is 29.9 Å². The summed E-state index contributed by atoms with van der Waals surface area (Å²) < 4.78 is 45.3. The molecule has 0 spiro atoms. The Labute approximate surface area is 315 Å². The lowest BCUT2D eigenvalue weighted by molar-refractivity contribution is -0.142. The molecule has 3 aliphatic carbocycles. The van der Waals surface area contributed by atoms with Crippen LogP contribution in [-0.4, -0.2) is 95.8 Å². The third-order valence-electron chi connectivity index (χ3n) is 11.3. The smallest absolute Gasteiger partial charge is 0.408 e. The number of hydrogen-bond donors (Lipinski definition) is 3. The second kappa shape index (κ2) is 14.3. The Kier molecular flexibility index (Phi) is 10.0. The van der Waals surface area contributed by atoms with Crippen molar-refractivity contribution < 1.29 is 41.8 Å². The van der Waals surface area contributed by atoms with Crippen molar-refractivity contribution >= 4 is 44.9 Å². The first kappa shape index (κ1) is 37.8. The Morgan fingerprint density at radius 1 is 1.07 bits per heavy atom. The lowest BCUT2D eigenvalue weighted by atomic mass is 9.85. The maximum Gasteiger partial charge on any atom is 0.408 e. The molecule has 2 bridgehead atoms. The number of amides is 4. The molecule has 1 saturated heterocycles. The monoisotopic (exact) mass is 766 g/mol. The number of carbonyl (C=O) groups excluding carboxylic acids is 4. The molecule has 1 aromatic carbocycles. The number of alkyl carbamates (subject to hydrolysis) is 1. The van der Waals surface area contributed by atoms with Gasteiger partial charge in [0.25, 0.3) is 5.91 Å². The first-order chi connectivity index (χ1) is 25.6. The van der Waals surface area contributed by atoms with E-state index in [1.54, 1.807) is 13.2 Å². The maximum absolute atomic E-state index is 14.6. The zero-order valence-electron chi connectivity index (χ0n) is 31.3. The van der Waals surface area contributed by atoms with Crippen LogP contribution in [0.4, 0.5) is 4.79 Å². The molecule has 7 rings (SSSR count). The van der Waals surface area contributed by atoms with Gasteiger partial charge in [0.15, 0.2) is 0 Å². The molecule has 4 amide bonds. The van der Waals surface area contributed by atoms with E-state index in [1.807, 2.05) is 32.9 Å². The van der Waals surface area contributed by atoms with Gasteiger partial charge in [-0.3, -0.25) is 19.1 Å². The van der Waals surface area contributed by atoms with Gasteiger partial charge >= 0.3 is 6.09 Å². The van der Waals surface area contributed by atoms with Gasteiger partial charge in [-0.15, -0.1) is 6.58 Å². The van der Waals surface area contributed by atoms with E-state index < -0.39 is 74.1 Å². The number of nitrogens with zero attached hydrogens (tertiary/aromatic N) is 3. The number of rotatable bonds is 7. The summed E-state index contributed by atoms with van der Waals surface area (Å²) in [5, 5.41) is 4.96. The highest BCUT2D eigenvalue weighted by Crippen LogP contribution is 2.46. The molecule has 1 aromatic heterocycles. The third-order valence-corrected chi connectivity index (χ3v) is 13.1. The van der Waals surface area contributed by atoms with Crippen molar-refractivity contribution in [2.75, 3.05) is 13.7 Å². The highest BCUT2D eigenvalue weighted by atomic mass is 32.2. The van der Waals surface area contributed by atoms with Crippen LogP contribution >= 0.6 is 0 Å². The molecule has 0 radical (unpaired) electrons. The lowest BCUT2D eigenvalue weighted by Crippen LogP contribution is -2.60. The number of nitrogens with one attached hydrogen (secondary N) is 3. The maximum atomic E-state index is 14.6. The van der Waals surface area contributed by atoms with Crippen LogP contribution in [0.5, 0.6) is 11.6 Å². The number of aryl methyl sites for hydroxylation is 1. The van der Waals surface area contributed by atoms with E-state index in [0.29, 0.717) is 47.6 Å². The van der Waals surface area contributed by atoms with Crippen molar-refractivity contribution in [3.63, 3.8) is 0 Å². The molecule has 7 atom stereocenters. The second-order valence-corrected chi connectivity index (χ2v) is 18.4. The Morgan fingerprint density at radius 2 is 1.85 bits per heavy atom. The number of fused-ring (bicyclic) bond motifs is 5. The summed E-state index contributed by atoms with van der Waals surface area (Å²) in [5.74, 6) is -1.39. The molecule has 15 nitrogen and oxygen atoms in total. The minimum Gasteiger partial charge on any atom is -0.497 e. The number of hydrogen-bond acceptors (Lipinski definition) is 11. The highest BCUT2D eigenvalue weighted by Gasteiger charge is 2.62. The summed E-state index contributed by atoms with van der Waals surface area (Å²) in [7, 11) is -2.33. The summed E-state index contributed by atoms with van der Waals surface area (Å²) in [6, 6.07) is 3.20. The van der Waals surface area contributed by atoms with Crippen molar-refractivity contribution in [3.05, 3.63) is 36.5 Å². The number of methoxy groups -OCH3 is 1.